The molecule has 0 bridgehead atoms. The Morgan fingerprint density at radius 1 is 1.56 bits per heavy atom. The van der Waals surface area contributed by atoms with Gasteiger partial charge < -0.3 is 0 Å². The fourth-order valence-corrected chi connectivity index (χ4v) is 0.894. The Morgan fingerprint density at radius 2 is 2.00 bits per heavy atom. The fourth-order valence-electron chi connectivity index (χ4n) is 0.298. The Labute approximate surface area is 56.0 Å². The lowest BCUT2D eigenvalue weighted by atomic mass is 10.8. The minimum atomic E-state index is -3.03. The average Bonchev–Trinajstić information content (AvgIpc) is 1.65. The van der Waals surface area contributed by atoms with Gasteiger partial charge in [-0.15, -0.1) is 6.58 Å². The van der Waals surface area contributed by atoms with Gasteiger partial charge in [0, 0.05) is 14.1 Å². The summed E-state index contributed by atoms with van der Waals surface area (Å²) in [6.07, 6.45) is 1.37. The van der Waals surface area contributed by atoms with E-state index in [9.17, 15) is 8.42 Å². The summed E-state index contributed by atoms with van der Waals surface area (Å²) in [7, 11) is -0.0353. The molecule has 4 heteroatoms. The molecule has 0 aromatic carbocycles. The molecular formula is C5H11NO2S. The number of sulfonamides is 1. The Bertz CT molecular complexity index is 181. The topological polar surface area (TPSA) is 37.4 Å². The highest BCUT2D eigenvalue weighted by molar-refractivity contribution is 7.89. The summed E-state index contributed by atoms with van der Waals surface area (Å²) < 4.78 is 22.7. The van der Waals surface area contributed by atoms with E-state index in [0.717, 1.165) is 0 Å². The molecule has 0 atom stereocenters. The van der Waals surface area contributed by atoms with Crippen LogP contribution in [-0.2, 0) is 10.0 Å². The van der Waals surface area contributed by atoms with E-state index in [1.54, 1.807) is 0 Å². The van der Waals surface area contributed by atoms with Gasteiger partial charge in [-0.25, -0.2) is 12.7 Å². The highest BCUT2D eigenvalue weighted by Crippen LogP contribution is 1.92. The molecular weight excluding hydrogens is 138 g/mol. The molecule has 0 aromatic rings. The Kier molecular flexibility index (Phi) is 2.87. The van der Waals surface area contributed by atoms with Crippen LogP contribution in [0.1, 0.15) is 0 Å². The molecule has 3 nitrogen and oxygen atoms in total. The maximum Gasteiger partial charge on any atom is 0.217 e. The third-order valence-corrected chi connectivity index (χ3v) is 2.65. The maximum atomic E-state index is 10.8. The van der Waals surface area contributed by atoms with Crippen molar-refractivity contribution in [2.45, 2.75) is 0 Å². The molecule has 0 spiro atoms. The van der Waals surface area contributed by atoms with Crippen LogP contribution in [0, 0.1) is 0 Å². The van der Waals surface area contributed by atoms with Crippen LogP contribution in [0.15, 0.2) is 12.7 Å². The van der Waals surface area contributed by atoms with Crippen molar-refractivity contribution in [1.82, 2.24) is 4.31 Å². The van der Waals surface area contributed by atoms with E-state index in [2.05, 4.69) is 6.58 Å². The molecule has 0 amide bonds. The summed E-state index contributed by atoms with van der Waals surface area (Å²) in [5.41, 5.74) is 0. The molecule has 0 rings (SSSR count). The summed E-state index contributed by atoms with van der Waals surface area (Å²) in [6.45, 7) is 3.32. The molecule has 54 valence electrons. The lowest BCUT2D eigenvalue weighted by Gasteiger charge is -2.07. The van der Waals surface area contributed by atoms with E-state index in [1.165, 1.54) is 24.5 Å². The summed E-state index contributed by atoms with van der Waals surface area (Å²) in [6, 6.07) is 0. The van der Waals surface area contributed by atoms with Crippen molar-refractivity contribution in [2.75, 3.05) is 19.8 Å². The predicted octanol–water partition coefficient (Wildman–Crippen LogP) is 0.0638. The van der Waals surface area contributed by atoms with Crippen molar-refractivity contribution in [2.24, 2.45) is 0 Å². The molecule has 9 heavy (non-hydrogen) atoms. The predicted molar refractivity (Wildman–Crippen MR) is 37.7 cm³/mol. The summed E-state index contributed by atoms with van der Waals surface area (Å²) in [4.78, 5) is 0. The zero-order valence-corrected chi connectivity index (χ0v) is 6.48. The summed E-state index contributed by atoms with van der Waals surface area (Å²) in [5, 5.41) is 0. The van der Waals surface area contributed by atoms with Gasteiger partial charge in [0.2, 0.25) is 10.0 Å². The third kappa shape index (κ3) is 2.62. The van der Waals surface area contributed by atoms with Gasteiger partial charge in [0.05, 0.1) is 5.75 Å². The van der Waals surface area contributed by atoms with Crippen molar-refractivity contribution < 1.29 is 8.42 Å². The van der Waals surface area contributed by atoms with Gasteiger partial charge in [0.1, 0.15) is 0 Å². The number of rotatable bonds is 3. The highest BCUT2D eigenvalue weighted by Gasteiger charge is 2.09. The SMILES string of the molecule is C=CCS(=O)(=O)N(C)C. The number of hydrogen-bond donors (Lipinski definition) is 0. The second-order valence-corrected chi connectivity index (χ2v) is 4.08. The quantitative estimate of drug-likeness (QED) is 0.532. The molecule has 0 saturated heterocycles. The lowest BCUT2D eigenvalue weighted by Crippen LogP contribution is -2.23. The van der Waals surface area contributed by atoms with E-state index in [4.69, 9.17) is 0 Å². The summed E-state index contributed by atoms with van der Waals surface area (Å²) >= 11 is 0. The van der Waals surface area contributed by atoms with E-state index in [1.807, 2.05) is 0 Å². The van der Waals surface area contributed by atoms with Crippen LogP contribution in [0.25, 0.3) is 0 Å². The van der Waals surface area contributed by atoms with Crippen LogP contribution in [0.2, 0.25) is 0 Å². The van der Waals surface area contributed by atoms with Crippen LogP contribution >= 0.6 is 0 Å². The number of hydrogen-bond acceptors (Lipinski definition) is 2. The highest BCUT2D eigenvalue weighted by atomic mass is 32.2. The minimum absolute atomic E-state index is 0.0139. The van der Waals surface area contributed by atoms with Gasteiger partial charge in [-0.1, -0.05) is 6.08 Å². The first-order chi connectivity index (χ1) is 4.00. The van der Waals surface area contributed by atoms with Crippen LogP contribution in [0.5, 0.6) is 0 Å². The van der Waals surface area contributed by atoms with Gasteiger partial charge in [-0.3, -0.25) is 0 Å². The first-order valence-corrected chi connectivity index (χ1v) is 4.12. The largest absolute Gasteiger partial charge is 0.217 e. The Balaban J connectivity index is 4.22. The minimum Gasteiger partial charge on any atom is -0.212 e. The molecule has 0 aliphatic rings. The van der Waals surface area contributed by atoms with Crippen molar-refractivity contribution in [3.63, 3.8) is 0 Å². The summed E-state index contributed by atoms with van der Waals surface area (Å²) in [5.74, 6) is 0.0139. The Hall–Kier alpha value is -0.350. The molecule has 0 aliphatic heterocycles. The standard InChI is InChI=1S/C5H11NO2S/c1-4-5-9(7,8)6(2)3/h4H,1,5H2,2-3H3. The lowest BCUT2D eigenvalue weighted by molar-refractivity contribution is 0.524. The zero-order chi connectivity index (χ0) is 7.49. The van der Waals surface area contributed by atoms with Crippen LogP contribution in [0.4, 0.5) is 0 Å². The average molecular weight is 149 g/mol. The fraction of sp³-hybridized carbons (Fsp3) is 0.600. The molecule has 0 unspecified atom stereocenters. The third-order valence-electron chi connectivity index (χ3n) is 0.885. The molecule has 0 fully saturated rings. The first-order valence-electron chi connectivity index (χ1n) is 2.52. The van der Waals surface area contributed by atoms with E-state index < -0.39 is 10.0 Å². The van der Waals surface area contributed by atoms with Gasteiger partial charge >= 0.3 is 0 Å². The van der Waals surface area contributed by atoms with Crippen LogP contribution in [0.3, 0.4) is 0 Å². The van der Waals surface area contributed by atoms with Gasteiger partial charge in [0.25, 0.3) is 0 Å². The molecule has 0 N–H and O–H groups in total. The van der Waals surface area contributed by atoms with Gasteiger partial charge in [-0.2, -0.15) is 0 Å². The van der Waals surface area contributed by atoms with E-state index >= 15 is 0 Å². The van der Waals surface area contributed by atoms with Gasteiger partial charge in [0.15, 0.2) is 0 Å². The molecule has 0 heterocycles. The molecule has 0 aliphatic carbocycles. The van der Waals surface area contributed by atoms with Crippen molar-refractivity contribution in [3.05, 3.63) is 12.7 Å². The maximum absolute atomic E-state index is 10.8. The van der Waals surface area contributed by atoms with Crippen LogP contribution < -0.4 is 0 Å². The van der Waals surface area contributed by atoms with Crippen molar-refractivity contribution >= 4 is 10.0 Å². The smallest absolute Gasteiger partial charge is 0.212 e. The monoisotopic (exact) mass is 149 g/mol. The number of nitrogens with zero attached hydrogens (tertiary/aromatic N) is 1. The van der Waals surface area contributed by atoms with Crippen LogP contribution in [-0.4, -0.2) is 32.6 Å². The molecule has 0 saturated carbocycles. The zero-order valence-electron chi connectivity index (χ0n) is 5.66. The van der Waals surface area contributed by atoms with Gasteiger partial charge in [-0.05, 0) is 0 Å². The first kappa shape index (κ1) is 8.65. The molecule has 0 aromatic heterocycles. The van der Waals surface area contributed by atoms with E-state index in [-0.39, 0.29) is 5.75 Å². The van der Waals surface area contributed by atoms with E-state index in [0.29, 0.717) is 0 Å². The second kappa shape index (κ2) is 2.98. The second-order valence-electron chi connectivity index (χ2n) is 1.85. The normalized spacial score (nSPS) is 11.9. The Morgan fingerprint density at radius 3 is 2.11 bits per heavy atom. The van der Waals surface area contributed by atoms with Crippen molar-refractivity contribution in [3.8, 4) is 0 Å². The molecule has 0 radical (unpaired) electrons. The van der Waals surface area contributed by atoms with Crippen molar-refractivity contribution in [1.29, 1.82) is 0 Å².